The largest absolute Gasteiger partial charge is 0.477 e. The molecule has 0 radical (unpaired) electrons. The molecule has 31 heavy (non-hydrogen) atoms. The summed E-state index contributed by atoms with van der Waals surface area (Å²) in [6.45, 7) is 1.89. The van der Waals surface area contributed by atoms with E-state index in [0.717, 1.165) is 0 Å². The first-order valence-corrected chi connectivity index (χ1v) is 9.55. The number of rotatable bonds is 6. The van der Waals surface area contributed by atoms with Crippen LogP contribution in [0.25, 0.3) is 16.6 Å². The van der Waals surface area contributed by atoms with Crippen molar-refractivity contribution >= 4 is 22.8 Å². The van der Waals surface area contributed by atoms with E-state index in [-0.39, 0.29) is 17.4 Å². The zero-order chi connectivity index (χ0) is 22.0. The van der Waals surface area contributed by atoms with Crippen LogP contribution in [0.5, 0.6) is 0 Å². The molecule has 3 aromatic heterocycles. The second-order valence-corrected chi connectivity index (χ2v) is 6.87. The Kier molecular flexibility index (Phi) is 5.40. The molecule has 1 atom stereocenters. The first-order valence-electron chi connectivity index (χ1n) is 9.55. The van der Waals surface area contributed by atoms with Gasteiger partial charge in [-0.25, -0.2) is 18.9 Å². The third kappa shape index (κ3) is 3.97. The lowest BCUT2D eigenvalue weighted by Crippen LogP contribution is -2.28. The van der Waals surface area contributed by atoms with E-state index in [1.165, 1.54) is 30.6 Å². The summed E-state index contributed by atoms with van der Waals surface area (Å²) in [5.74, 6) is -1.85. The van der Waals surface area contributed by atoms with Gasteiger partial charge >= 0.3 is 5.97 Å². The Morgan fingerprint density at radius 2 is 1.94 bits per heavy atom. The van der Waals surface area contributed by atoms with Gasteiger partial charge < -0.3 is 10.4 Å². The van der Waals surface area contributed by atoms with Crippen LogP contribution in [0.1, 0.15) is 45.8 Å². The summed E-state index contributed by atoms with van der Waals surface area (Å²) in [5.41, 5.74) is 2.13. The Balaban J connectivity index is 1.65. The fourth-order valence-electron chi connectivity index (χ4n) is 3.35. The molecule has 4 rings (SSSR count). The van der Waals surface area contributed by atoms with Crippen LogP contribution in [0.2, 0.25) is 0 Å². The number of amides is 1. The highest BCUT2D eigenvalue weighted by Crippen LogP contribution is 2.23. The number of aromatic nitrogens is 4. The zero-order valence-electron chi connectivity index (χ0n) is 16.5. The summed E-state index contributed by atoms with van der Waals surface area (Å²) in [7, 11) is 0. The average Bonchev–Trinajstić information content (AvgIpc) is 3.22. The molecule has 9 heteroatoms. The molecule has 1 aromatic carbocycles. The first kappa shape index (κ1) is 20.1. The predicted molar refractivity (Wildman–Crippen MR) is 111 cm³/mol. The van der Waals surface area contributed by atoms with Crippen LogP contribution in [0.15, 0.2) is 61.2 Å². The van der Waals surface area contributed by atoms with Crippen molar-refractivity contribution in [3.8, 4) is 5.69 Å². The number of carboxylic acids is 1. The summed E-state index contributed by atoms with van der Waals surface area (Å²) >= 11 is 0. The molecule has 3 heterocycles. The molecular weight excluding hydrogens is 401 g/mol. The minimum atomic E-state index is -1.13. The quantitative estimate of drug-likeness (QED) is 0.495. The molecule has 8 nitrogen and oxygen atoms in total. The lowest BCUT2D eigenvalue weighted by molar-refractivity contribution is 0.0690. The predicted octanol–water partition coefficient (Wildman–Crippen LogP) is 3.53. The molecule has 2 N–H and O–H groups in total. The summed E-state index contributed by atoms with van der Waals surface area (Å²) < 4.78 is 14.8. The molecule has 0 aliphatic heterocycles. The number of fused-ring (bicyclic) bond motifs is 1. The number of pyridine rings is 2. The zero-order valence-corrected chi connectivity index (χ0v) is 16.5. The summed E-state index contributed by atoms with van der Waals surface area (Å²) in [6.07, 6.45) is 6.55. The topological polar surface area (TPSA) is 110 Å². The second-order valence-electron chi connectivity index (χ2n) is 6.87. The van der Waals surface area contributed by atoms with Crippen LogP contribution in [0, 0.1) is 5.82 Å². The van der Waals surface area contributed by atoms with E-state index < -0.39 is 12.0 Å². The van der Waals surface area contributed by atoms with E-state index in [2.05, 4.69) is 20.4 Å². The van der Waals surface area contributed by atoms with E-state index in [9.17, 15) is 14.0 Å². The third-order valence-corrected chi connectivity index (χ3v) is 4.93. The van der Waals surface area contributed by atoms with Crippen molar-refractivity contribution in [1.29, 1.82) is 0 Å². The number of benzene rings is 1. The van der Waals surface area contributed by atoms with Crippen molar-refractivity contribution in [2.75, 3.05) is 0 Å². The molecule has 0 fully saturated rings. The lowest BCUT2D eigenvalue weighted by Gasteiger charge is -2.18. The molecule has 4 aromatic rings. The maximum absolute atomic E-state index is 13.2. The molecule has 1 unspecified atom stereocenters. The number of nitrogens with one attached hydrogen (secondary N) is 1. The standard InChI is InChI=1S/C22H18FN5O3/c1-2-18(13-7-8-25-19(9-13)22(30)31)27-21(29)17-10-24-12-20-16(17)11-26-28(20)15-5-3-14(23)4-6-15/h3-12,18H,2H2,1H3,(H,27,29)(H,30,31). The molecule has 0 spiro atoms. The van der Waals surface area contributed by atoms with Crippen molar-refractivity contribution in [2.45, 2.75) is 19.4 Å². The van der Waals surface area contributed by atoms with Crippen molar-refractivity contribution in [2.24, 2.45) is 0 Å². The highest BCUT2D eigenvalue weighted by atomic mass is 19.1. The van der Waals surface area contributed by atoms with Crippen LogP contribution in [-0.4, -0.2) is 36.7 Å². The number of carboxylic acid groups (broad SMARTS) is 1. The van der Waals surface area contributed by atoms with Crippen molar-refractivity contribution in [3.05, 3.63) is 83.8 Å². The van der Waals surface area contributed by atoms with E-state index >= 15 is 0 Å². The summed E-state index contributed by atoms with van der Waals surface area (Å²) in [4.78, 5) is 32.2. The smallest absolute Gasteiger partial charge is 0.354 e. The maximum atomic E-state index is 13.2. The molecule has 1 amide bonds. The molecule has 0 saturated heterocycles. The number of hydrogen-bond donors (Lipinski definition) is 2. The second kappa shape index (κ2) is 8.31. The molecule has 156 valence electrons. The normalized spacial score (nSPS) is 11.9. The Bertz CT molecular complexity index is 1270. The number of nitrogens with zero attached hydrogens (tertiary/aromatic N) is 4. The fourth-order valence-corrected chi connectivity index (χ4v) is 3.35. The van der Waals surface area contributed by atoms with Crippen molar-refractivity contribution in [1.82, 2.24) is 25.1 Å². The van der Waals surface area contributed by atoms with Crippen LogP contribution in [0.3, 0.4) is 0 Å². The van der Waals surface area contributed by atoms with Gasteiger partial charge in [0.25, 0.3) is 5.91 Å². The monoisotopic (exact) mass is 419 g/mol. The SMILES string of the molecule is CCC(NC(=O)c1cncc2c1cnn2-c1ccc(F)cc1)c1ccnc(C(=O)O)c1. The average molecular weight is 419 g/mol. The molecule has 0 aliphatic carbocycles. The Labute approximate surface area is 176 Å². The Morgan fingerprint density at radius 3 is 2.65 bits per heavy atom. The van der Waals surface area contributed by atoms with Crippen LogP contribution in [-0.2, 0) is 0 Å². The fraction of sp³-hybridized carbons (Fsp3) is 0.136. The summed E-state index contributed by atoms with van der Waals surface area (Å²) in [5, 5.41) is 17.0. The van der Waals surface area contributed by atoms with Gasteiger partial charge in [0, 0.05) is 17.8 Å². The third-order valence-electron chi connectivity index (χ3n) is 4.93. The summed E-state index contributed by atoms with van der Waals surface area (Å²) in [6, 6.07) is 8.55. The molecule has 0 bridgehead atoms. The van der Waals surface area contributed by atoms with Crippen molar-refractivity contribution < 1.29 is 19.1 Å². The van der Waals surface area contributed by atoms with Gasteiger partial charge in [-0.15, -0.1) is 0 Å². The highest BCUT2D eigenvalue weighted by Gasteiger charge is 2.19. The number of carbonyl (C=O) groups excluding carboxylic acids is 1. The van der Waals surface area contributed by atoms with E-state index in [4.69, 9.17) is 5.11 Å². The molecule has 0 aliphatic rings. The van der Waals surface area contributed by atoms with Crippen LogP contribution in [0.4, 0.5) is 4.39 Å². The van der Waals surface area contributed by atoms with Gasteiger partial charge in [0.2, 0.25) is 0 Å². The van der Waals surface area contributed by atoms with Crippen LogP contribution < -0.4 is 5.32 Å². The highest BCUT2D eigenvalue weighted by molar-refractivity contribution is 6.06. The van der Waals surface area contributed by atoms with Gasteiger partial charge in [-0.05, 0) is 48.4 Å². The number of aromatic carboxylic acids is 1. The van der Waals surface area contributed by atoms with Gasteiger partial charge in [0.1, 0.15) is 11.5 Å². The Morgan fingerprint density at radius 1 is 1.16 bits per heavy atom. The maximum Gasteiger partial charge on any atom is 0.354 e. The first-order chi connectivity index (χ1) is 15.0. The molecular formula is C22H18FN5O3. The van der Waals surface area contributed by atoms with Gasteiger partial charge in [0.05, 0.1) is 35.2 Å². The number of carbonyl (C=O) groups is 2. The van der Waals surface area contributed by atoms with Crippen molar-refractivity contribution in [3.63, 3.8) is 0 Å². The van der Waals surface area contributed by atoms with E-state index in [1.54, 1.807) is 35.3 Å². The van der Waals surface area contributed by atoms with E-state index in [1.807, 2.05) is 6.92 Å². The number of halogens is 1. The van der Waals surface area contributed by atoms with Gasteiger partial charge in [-0.3, -0.25) is 9.78 Å². The lowest BCUT2D eigenvalue weighted by atomic mass is 10.0. The van der Waals surface area contributed by atoms with Crippen LogP contribution >= 0.6 is 0 Å². The molecule has 0 saturated carbocycles. The minimum Gasteiger partial charge on any atom is -0.477 e. The van der Waals surface area contributed by atoms with E-state index in [0.29, 0.717) is 34.1 Å². The van der Waals surface area contributed by atoms with Gasteiger partial charge in [-0.1, -0.05) is 6.92 Å². The van der Waals surface area contributed by atoms with Gasteiger partial charge in [0.15, 0.2) is 0 Å². The van der Waals surface area contributed by atoms with Gasteiger partial charge in [-0.2, -0.15) is 5.10 Å². The minimum absolute atomic E-state index is 0.0884. The number of hydrogen-bond acceptors (Lipinski definition) is 5. The Hall–Kier alpha value is -4.14.